The highest BCUT2D eigenvalue weighted by Crippen LogP contribution is 2.64. The largest absolute Gasteiger partial charge is 0.573 e. The number of fused-ring (bicyclic) bond motifs is 4. The molecule has 0 aromatic heterocycles. The van der Waals surface area contributed by atoms with Gasteiger partial charge >= 0.3 is 6.36 Å². The molecule has 4 aromatic carbocycles. The van der Waals surface area contributed by atoms with Crippen molar-refractivity contribution in [1.29, 1.82) is 0 Å². The predicted molar refractivity (Wildman–Crippen MR) is 178 cm³/mol. The van der Waals surface area contributed by atoms with Gasteiger partial charge in [0.2, 0.25) is 0 Å². The Kier molecular flexibility index (Phi) is 7.85. The normalized spacial score (nSPS) is 29.6. The third-order valence-corrected chi connectivity index (χ3v) is 13.3. The van der Waals surface area contributed by atoms with Gasteiger partial charge in [0.15, 0.2) is 9.84 Å². The first kappa shape index (κ1) is 32.4. The molecular formula is C39H38F3NO5S. The first-order valence-corrected chi connectivity index (χ1v) is 18.4. The maximum atomic E-state index is 14.6. The van der Waals surface area contributed by atoms with Crippen LogP contribution >= 0.6 is 0 Å². The van der Waals surface area contributed by atoms with Crippen LogP contribution in [0, 0.1) is 0 Å². The van der Waals surface area contributed by atoms with Gasteiger partial charge in [-0.15, -0.1) is 13.2 Å². The Bertz CT molecular complexity index is 1940. The molecule has 6 unspecified atom stereocenters. The van der Waals surface area contributed by atoms with Crippen molar-refractivity contribution in [2.45, 2.75) is 91.3 Å². The second-order valence-electron chi connectivity index (χ2n) is 13.9. The molecule has 0 N–H and O–H groups in total. The Morgan fingerprint density at radius 3 is 2.29 bits per heavy atom. The number of benzene rings is 4. The van der Waals surface area contributed by atoms with Gasteiger partial charge in [-0.1, -0.05) is 78.9 Å². The highest BCUT2D eigenvalue weighted by molar-refractivity contribution is 7.92. The quantitative estimate of drug-likeness (QED) is 0.196. The molecule has 1 spiro atoms. The lowest BCUT2D eigenvalue weighted by Crippen LogP contribution is -2.63. The third kappa shape index (κ3) is 5.43. The average molecular weight is 690 g/mol. The molecule has 4 aliphatic heterocycles. The summed E-state index contributed by atoms with van der Waals surface area (Å²) in [4.78, 5) is 2.68. The Balaban J connectivity index is 1.27. The van der Waals surface area contributed by atoms with Crippen LogP contribution in [0.5, 0.6) is 11.5 Å². The molecule has 4 aliphatic rings. The number of halogens is 3. The molecule has 3 fully saturated rings. The second-order valence-corrected chi connectivity index (χ2v) is 16.1. The molecular weight excluding hydrogens is 651 g/mol. The third-order valence-electron chi connectivity index (χ3n) is 11.1. The zero-order valence-corrected chi connectivity index (χ0v) is 27.9. The van der Waals surface area contributed by atoms with Crippen molar-refractivity contribution >= 4 is 9.84 Å². The molecule has 0 amide bonds. The minimum absolute atomic E-state index is 0.183. The summed E-state index contributed by atoms with van der Waals surface area (Å²) in [6, 6.07) is 31.4. The van der Waals surface area contributed by atoms with Crippen molar-refractivity contribution < 1.29 is 35.8 Å². The summed E-state index contributed by atoms with van der Waals surface area (Å²) in [7, 11) is -3.75. The van der Waals surface area contributed by atoms with Crippen molar-refractivity contribution in [3.63, 3.8) is 0 Å². The van der Waals surface area contributed by atoms with Crippen molar-refractivity contribution in [2.75, 3.05) is 6.61 Å². The molecule has 4 aromatic rings. The summed E-state index contributed by atoms with van der Waals surface area (Å²) in [6.45, 7) is 2.68. The first-order valence-electron chi connectivity index (χ1n) is 16.9. The fourth-order valence-corrected chi connectivity index (χ4v) is 11.3. The zero-order valence-electron chi connectivity index (χ0n) is 27.1. The van der Waals surface area contributed by atoms with E-state index in [1.165, 1.54) is 12.1 Å². The smallest absolute Gasteiger partial charge is 0.490 e. The van der Waals surface area contributed by atoms with Gasteiger partial charge in [-0.3, -0.25) is 4.90 Å². The number of hydrogen-bond acceptors (Lipinski definition) is 6. The van der Waals surface area contributed by atoms with E-state index < -0.39 is 32.6 Å². The number of nitrogens with zero attached hydrogens (tertiary/aromatic N) is 1. The highest BCUT2D eigenvalue weighted by atomic mass is 32.2. The van der Waals surface area contributed by atoms with E-state index in [1.54, 1.807) is 24.3 Å². The van der Waals surface area contributed by atoms with Crippen LogP contribution in [0.3, 0.4) is 0 Å². The van der Waals surface area contributed by atoms with E-state index >= 15 is 0 Å². The highest BCUT2D eigenvalue weighted by Gasteiger charge is 2.70. The second kappa shape index (κ2) is 11.9. The van der Waals surface area contributed by atoms with Crippen LogP contribution in [0.15, 0.2) is 108 Å². The van der Waals surface area contributed by atoms with Crippen molar-refractivity contribution in [1.82, 2.24) is 4.90 Å². The molecule has 4 heterocycles. The summed E-state index contributed by atoms with van der Waals surface area (Å²) < 4.78 is 87.2. The van der Waals surface area contributed by atoms with E-state index in [9.17, 15) is 21.6 Å². The molecule has 6 nitrogen and oxygen atoms in total. The predicted octanol–water partition coefficient (Wildman–Crippen LogP) is 7.96. The van der Waals surface area contributed by atoms with Crippen LogP contribution in [0.4, 0.5) is 13.2 Å². The summed E-state index contributed by atoms with van der Waals surface area (Å²) in [5.74, 6) is 0.0468. The van der Waals surface area contributed by atoms with E-state index in [4.69, 9.17) is 9.47 Å². The van der Waals surface area contributed by atoms with E-state index in [2.05, 4.69) is 33.9 Å². The van der Waals surface area contributed by atoms with E-state index in [0.29, 0.717) is 60.4 Å². The summed E-state index contributed by atoms with van der Waals surface area (Å²) in [5.41, 5.74) is 1.70. The van der Waals surface area contributed by atoms with Crippen LogP contribution in [0.2, 0.25) is 0 Å². The van der Waals surface area contributed by atoms with E-state index in [0.717, 1.165) is 11.1 Å². The minimum atomic E-state index is -4.83. The first-order chi connectivity index (χ1) is 23.5. The SMILES string of the molecule is CC1Cc2cc(OC(F)(F)F)cc(C3COC4(CCC5C(S(=O)(=O)c6ccccc6)CC4(c4ccccc4)N5Cc4ccccc4)C3)c2O1. The Morgan fingerprint density at radius 1 is 0.918 bits per heavy atom. The number of sulfone groups is 1. The minimum Gasteiger partial charge on any atom is -0.490 e. The molecule has 8 rings (SSSR count). The molecule has 49 heavy (non-hydrogen) atoms. The fourth-order valence-electron chi connectivity index (χ4n) is 9.26. The molecule has 0 saturated carbocycles. The van der Waals surface area contributed by atoms with Gasteiger partial charge < -0.3 is 14.2 Å². The number of rotatable bonds is 7. The van der Waals surface area contributed by atoms with Gasteiger partial charge in [-0.25, -0.2) is 8.42 Å². The van der Waals surface area contributed by atoms with Gasteiger partial charge in [-0.2, -0.15) is 0 Å². The van der Waals surface area contributed by atoms with Gasteiger partial charge in [0.1, 0.15) is 17.6 Å². The van der Waals surface area contributed by atoms with E-state index in [-0.39, 0.29) is 30.4 Å². The number of hydrogen-bond donors (Lipinski definition) is 0. The van der Waals surface area contributed by atoms with Crippen molar-refractivity contribution in [3.05, 3.63) is 125 Å². The van der Waals surface area contributed by atoms with Crippen LogP contribution < -0.4 is 9.47 Å². The summed E-state index contributed by atoms with van der Waals surface area (Å²) >= 11 is 0. The van der Waals surface area contributed by atoms with Crippen LogP contribution in [-0.2, 0) is 33.1 Å². The number of alkyl halides is 3. The standard InChI is InChI=1S/C39H38F3NO5S/c1-26-19-28-20-31(48-39(40,41)42)21-33(36(28)47-26)29-22-37(46-25-29)18-17-34-35(49(44,45)32-15-9-4-10-16-32)23-38(37,30-13-7-3-8-14-30)43(34)24-27-11-5-2-6-12-27/h2-16,20-21,26,29,34-35H,17-19,22-25H2,1H3. The van der Waals surface area contributed by atoms with Crippen molar-refractivity contribution in [2.24, 2.45) is 0 Å². The van der Waals surface area contributed by atoms with Crippen LogP contribution in [0.1, 0.15) is 60.8 Å². The topological polar surface area (TPSA) is 65.1 Å². The average Bonchev–Trinajstić information content (AvgIpc) is 3.75. The zero-order chi connectivity index (χ0) is 34.0. The van der Waals surface area contributed by atoms with Gasteiger partial charge in [0.25, 0.3) is 0 Å². The van der Waals surface area contributed by atoms with Crippen LogP contribution in [0.25, 0.3) is 0 Å². The van der Waals surface area contributed by atoms with Crippen LogP contribution in [-0.4, -0.2) is 49.3 Å². The number of ether oxygens (including phenoxy) is 3. The Labute approximate surface area is 284 Å². The van der Waals surface area contributed by atoms with Crippen molar-refractivity contribution in [3.8, 4) is 11.5 Å². The van der Waals surface area contributed by atoms with E-state index in [1.807, 2.05) is 49.4 Å². The molecule has 3 saturated heterocycles. The lowest BCUT2D eigenvalue weighted by atomic mass is 9.66. The lowest BCUT2D eigenvalue weighted by Gasteiger charge is -2.56. The molecule has 10 heteroatoms. The molecule has 2 bridgehead atoms. The maximum Gasteiger partial charge on any atom is 0.573 e. The van der Waals surface area contributed by atoms with Gasteiger partial charge in [0, 0.05) is 36.1 Å². The Morgan fingerprint density at radius 2 is 1.59 bits per heavy atom. The molecule has 6 atom stereocenters. The summed E-state index contributed by atoms with van der Waals surface area (Å²) in [5, 5.41) is -0.696. The molecule has 0 aliphatic carbocycles. The fraction of sp³-hybridized carbons (Fsp3) is 0.385. The van der Waals surface area contributed by atoms with Gasteiger partial charge in [-0.05, 0) is 68.0 Å². The Hall–Kier alpha value is -3.86. The molecule has 0 radical (unpaired) electrons. The maximum absolute atomic E-state index is 14.6. The monoisotopic (exact) mass is 689 g/mol. The number of piperidine rings is 1. The lowest BCUT2D eigenvalue weighted by molar-refractivity contribution is -0.274. The summed E-state index contributed by atoms with van der Waals surface area (Å²) in [6.07, 6.45) is -2.53. The molecule has 256 valence electrons. The van der Waals surface area contributed by atoms with Gasteiger partial charge in [0.05, 0.1) is 27.9 Å².